The van der Waals surface area contributed by atoms with E-state index >= 15 is 0 Å². The molecule has 1 heterocycles. The van der Waals surface area contributed by atoms with Crippen LogP contribution in [0.25, 0.3) is 0 Å². The molecule has 0 saturated carbocycles. The van der Waals surface area contributed by atoms with Crippen LogP contribution >= 0.6 is 0 Å². The minimum atomic E-state index is -0.294. The highest BCUT2D eigenvalue weighted by molar-refractivity contribution is 5.29. The Morgan fingerprint density at radius 3 is 2.45 bits per heavy atom. The van der Waals surface area contributed by atoms with Crippen molar-refractivity contribution in [1.82, 2.24) is 4.98 Å². The molecular weight excluding hydrogens is 146 g/mol. The Hall–Kier alpha value is -1.13. The zero-order valence-electron chi connectivity index (χ0n) is 5.86. The third kappa shape index (κ3) is 1.66. The first-order chi connectivity index (χ1) is 5.27. The van der Waals surface area contributed by atoms with E-state index in [0.717, 1.165) is 0 Å². The highest BCUT2D eigenvalue weighted by Crippen LogP contribution is 2.15. The van der Waals surface area contributed by atoms with Crippen molar-refractivity contribution in [3.05, 3.63) is 23.5 Å². The van der Waals surface area contributed by atoms with Gasteiger partial charge in [-0.05, 0) is 11.6 Å². The summed E-state index contributed by atoms with van der Waals surface area (Å²) in [5.41, 5.74) is 0.752. The Kier molecular flexibility index (Phi) is 2.40. The van der Waals surface area contributed by atoms with Gasteiger partial charge in [0.25, 0.3) is 0 Å². The predicted octanol–water partition coefficient (Wildman–Crippen LogP) is -0.228. The van der Waals surface area contributed by atoms with Gasteiger partial charge in [0.15, 0.2) is 0 Å². The molecule has 3 N–H and O–H groups in total. The molecule has 1 aromatic heterocycles. The second-order valence-electron chi connectivity index (χ2n) is 2.13. The normalized spacial score (nSPS) is 10.0. The Labute approximate surface area is 63.8 Å². The number of hydrogen-bond donors (Lipinski definition) is 3. The molecule has 0 aliphatic heterocycles. The first kappa shape index (κ1) is 7.97. The van der Waals surface area contributed by atoms with E-state index in [0.29, 0.717) is 5.56 Å². The number of aromatic hydroxyl groups is 1. The quantitative estimate of drug-likeness (QED) is 0.551. The van der Waals surface area contributed by atoms with Gasteiger partial charge in [-0.3, -0.25) is 4.98 Å². The van der Waals surface area contributed by atoms with Crippen molar-refractivity contribution >= 4 is 0 Å². The van der Waals surface area contributed by atoms with Gasteiger partial charge in [0, 0.05) is 6.20 Å². The lowest BCUT2D eigenvalue weighted by atomic mass is 10.2. The smallest absolute Gasteiger partial charge is 0.139 e. The fourth-order valence-corrected chi connectivity index (χ4v) is 0.731. The van der Waals surface area contributed by atoms with E-state index in [1.165, 1.54) is 12.3 Å². The number of pyridine rings is 1. The minimum Gasteiger partial charge on any atom is -0.506 e. The summed E-state index contributed by atoms with van der Waals surface area (Å²) in [5.74, 6) is -0.0842. The number of hydrogen-bond acceptors (Lipinski definition) is 4. The number of aliphatic hydroxyl groups excluding tert-OH is 2. The van der Waals surface area contributed by atoms with Gasteiger partial charge in [-0.25, -0.2) is 0 Å². The zero-order chi connectivity index (χ0) is 8.27. The molecular formula is C7H9NO3. The van der Waals surface area contributed by atoms with E-state index in [1.54, 1.807) is 0 Å². The minimum absolute atomic E-state index is 0.0842. The summed E-state index contributed by atoms with van der Waals surface area (Å²) in [7, 11) is 0. The lowest BCUT2D eigenvalue weighted by Gasteiger charge is -2.00. The molecule has 0 atom stereocenters. The monoisotopic (exact) mass is 155 g/mol. The summed E-state index contributed by atoms with van der Waals surface area (Å²) in [6, 6.07) is 1.37. The van der Waals surface area contributed by atoms with Crippen LogP contribution in [0.4, 0.5) is 0 Å². The average Bonchev–Trinajstić information content (AvgIpc) is 2.04. The van der Waals surface area contributed by atoms with E-state index in [2.05, 4.69) is 4.98 Å². The fourth-order valence-electron chi connectivity index (χ4n) is 0.731. The molecule has 0 saturated heterocycles. The first-order valence-electron chi connectivity index (χ1n) is 3.16. The van der Waals surface area contributed by atoms with Crippen molar-refractivity contribution in [3.8, 4) is 5.75 Å². The van der Waals surface area contributed by atoms with Gasteiger partial charge in [-0.15, -0.1) is 0 Å². The molecule has 0 unspecified atom stereocenters. The molecule has 4 heteroatoms. The fraction of sp³-hybridized carbons (Fsp3) is 0.286. The molecule has 0 radical (unpaired) electrons. The van der Waals surface area contributed by atoms with Crippen LogP contribution in [0.2, 0.25) is 0 Å². The summed E-state index contributed by atoms with van der Waals surface area (Å²) in [5, 5.41) is 26.3. The summed E-state index contributed by atoms with van der Waals surface area (Å²) in [4.78, 5) is 3.71. The van der Waals surface area contributed by atoms with E-state index < -0.39 is 0 Å². The number of rotatable bonds is 2. The van der Waals surface area contributed by atoms with Gasteiger partial charge < -0.3 is 15.3 Å². The van der Waals surface area contributed by atoms with Crippen LogP contribution in [-0.2, 0) is 13.2 Å². The summed E-state index contributed by atoms with van der Waals surface area (Å²) in [6.07, 6.45) is 1.41. The summed E-state index contributed by atoms with van der Waals surface area (Å²) < 4.78 is 0. The van der Waals surface area contributed by atoms with Crippen LogP contribution in [0, 0.1) is 0 Å². The number of aliphatic hydroxyl groups is 2. The van der Waals surface area contributed by atoms with Gasteiger partial charge in [0.05, 0.1) is 13.2 Å². The number of aromatic nitrogens is 1. The van der Waals surface area contributed by atoms with Crippen LogP contribution in [0.1, 0.15) is 11.3 Å². The van der Waals surface area contributed by atoms with Gasteiger partial charge in [-0.1, -0.05) is 0 Å². The van der Waals surface area contributed by atoms with Crippen LogP contribution in [0.3, 0.4) is 0 Å². The van der Waals surface area contributed by atoms with Crippen molar-refractivity contribution in [2.24, 2.45) is 0 Å². The zero-order valence-corrected chi connectivity index (χ0v) is 5.86. The van der Waals surface area contributed by atoms with Gasteiger partial charge >= 0.3 is 0 Å². The maximum Gasteiger partial charge on any atom is 0.139 e. The van der Waals surface area contributed by atoms with Gasteiger partial charge in [0.1, 0.15) is 11.4 Å². The van der Waals surface area contributed by atoms with Crippen LogP contribution < -0.4 is 0 Å². The topological polar surface area (TPSA) is 73.6 Å². The molecule has 0 spiro atoms. The van der Waals surface area contributed by atoms with Crippen LogP contribution in [0.15, 0.2) is 12.3 Å². The summed E-state index contributed by atoms with van der Waals surface area (Å²) in [6.45, 7) is -0.455. The van der Waals surface area contributed by atoms with Crippen molar-refractivity contribution in [2.45, 2.75) is 13.2 Å². The molecule has 0 aliphatic carbocycles. The maximum absolute atomic E-state index is 9.09. The Bertz CT molecular complexity index is 249. The lowest BCUT2D eigenvalue weighted by molar-refractivity contribution is 0.266. The van der Waals surface area contributed by atoms with Crippen molar-refractivity contribution in [2.75, 3.05) is 0 Å². The molecule has 4 nitrogen and oxygen atoms in total. The SMILES string of the molecule is OCc1cnc(CO)c(O)c1. The van der Waals surface area contributed by atoms with E-state index in [-0.39, 0.29) is 24.7 Å². The van der Waals surface area contributed by atoms with Gasteiger partial charge in [-0.2, -0.15) is 0 Å². The Balaban J connectivity index is 2.99. The standard InChI is InChI=1S/C7H9NO3/c9-3-5-1-7(11)6(4-10)8-2-5/h1-2,9-11H,3-4H2. The Morgan fingerprint density at radius 1 is 1.27 bits per heavy atom. The van der Waals surface area contributed by atoms with Crippen LogP contribution in [0.5, 0.6) is 5.75 Å². The average molecular weight is 155 g/mol. The van der Waals surface area contributed by atoms with Crippen LogP contribution in [-0.4, -0.2) is 20.3 Å². The van der Waals surface area contributed by atoms with E-state index in [4.69, 9.17) is 15.3 Å². The second-order valence-corrected chi connectivity index (χ2v) is 2.13. The van der Waals surface area contributed by atoms with Crippen molar-refractivity contribution in [3.63, 3.8) is 0 Å². The molecule has 0 amide bonds. The predicted molar refractivity (Wildman–Crippen MR) is 37.7 cm³/mol. The highest BCUT2D eigenvalue weighted by Gasteiger charge is 2.01. The highest BCUT2D eigenvalue weighted by atomic mass is 16.3. The lowest BCUT2D eigenvalue weighted by Crippen LogP contribution is -1.92. The molecule has 0 bridgehead atoms. The molecule has 0 aromatic carbocycles. The van der Waals surface area contributed by atoms with Crippen molar-refractivity contribution < 1.29 is 15.3 Å². The molecule has 60 valence electrons. The van der Waals surface area contributed by atoms with Gasteiger partial charge in [0.2, 0.25) is 0 Å². The Morgan fingerprint density at radius 2 is 2.00 bits per heavy atom. The van der Waals surface area contributed by atoms with Crippen molar-refractivity contribution in [1.29, 1.82) is 0 Å². The molecule has 1 aromatic rings. The third-order valence-electron chi connectivity index (χ3n) is 1.34. The molecule has 0 fully saturated rings. The maximum atomic E-state index is 9.09. The third-order valence-corrected chi connectivity index (χ3v) is 1.34. The summed E-state index contributed by atoms with van der Waals surface area (Å²) >= 11 is 0. The van der Waals surface area contributed by atoms with E-state index in [9.17, 15) is 0 Å². The molecule has 11 heavy (non-hydrogen) atoms. The molecule has 0 aliphatic rings. The first-order valence-corrected chi connectivity index (χ1v) is 3.16. The van der Waals surface area contributed by atoms with E-state index in [1.807, 2.05) is 0 Å². The molecule has 1 rings (SSSR count). The second kappa shape index (κ2) is 3.32. The largest absolute Gasteiger partial charge is 0.506 e. The number of nitrogens with zero attached hydrogens (tertiary/aromatic N) is 1.